The van der Waals surface area contributed by atoms with Crippen LogP contribution in [0.1, 0.15) is 47.2 Å². The average Bonchev–Trinajstić information content (AvgIpc) is 3.77. The van der Waals surface area contributed by atoms with E-state index in [1.165, 1.54) is 72.1 Å². The molecule has 0 fully saturated rings. The number of hydrogen-bond acceptors (Lipinski definition) is 2. The van der Waals surface area contributed by atoms with Crippen molar-refractivity contribution in [3.63, 3.8) is 0 Å². The third kappa shape index (κ3) is 5.36. The Morgan fingerprint density at radius 1 is 0.306 bits per heavy atom. The van der Waals surface area contributed by atoms with Crippen LogP contribution in [0.5, 0.6) is 0 Å². The molecule has 0 N–H and O–H groups in total. The van der Waals surface area contributed by atoms with E-state index in [0.717, 1.165) is 33.5 Å². The van der Waals surface area contributed by atoms with Crippen molar-refractivity contribution >= 4 is 10.8 Å². The zero-order valence-electron chi connectivity index (χ0n) is 34.7. The molecule has 0 radical (unpaired) electrons. The molecule has 0 saturated carbocycles. The summed E-state index contributed by atoms with van der Waals surface area (Å²) in [4.78, 5) is 10.7. The second-order valence-electron chi connectivity index (χ2n) is 17.3. The quantitative estimate of drug-likeness (QED) is 0.168. The first kappa shape index (κ1) is 36.2. The van der Waals surface area contributed by atoms with Crippen LogP contribution in [0.25, 0.3) is 78.1 Å². The molecule has 12 rings (SSSR count). The summed E-state index contributed by atoms with van der Waals surface area (Å²) in [7, 11) is 0. The number of rotatable bonds is 6. The lowest BCUT2D eigenvalue weighted by molar-refractivity contribution is 0.660. The molecule has 0 saturated heterocycles. The van der Waals surface area contributed by atoms with Crippen molar-refractivity contribution in [3.8, 4) is 67.3 Å². The lowest BCUT2D eigenvalue weighted by Gasteiger charge is -2.33. The number of fused-ring (bicyclic) bond motifs is 7. The molecule has 0 aliphatic heterocycles. The maximum absolute atomic E-state index is 5.41. The van der Waals surface area contributed by atoms with Gasteiger partial charge in [-0.25, -0.2) is 9.97 Å². The highest BCUT2D eigenvalue weighted by Gasteiger charge is 2.46. The van der Waals surface area contributed by atoms with E-state index >= 15 is 0 Å². The minimum absolute atomic E-state index is 0.115. The summed E-state index contributed by atoms with van der Waals surface area (Å²) < 4.78 is 0. The van der Waals surface area contributed by atoms with E-state index in [4.69, 9.17) is 9.97 Å². The molecule has 0 spiro atoms. The fraction of sp³-hybridized carbons (Fsp3) is 0.0667. The normalized spacial score (nSPS) is 13.9. The average molecular weight is 791 g/mol. The molecule has 0 amide bonds. The van der Waals surface area contributed by atoms with E-state index in [2.05, 4.69) is 232 Å². The van der Waals surface area contributed by atoms with E-state index in [-0.39, 0.29) is 5.41 Å². The van der Waals surface area contributed by atoms with E-state index in [1.54, 1.807) is 0 Å². The van der Waals surface area contributed by atoms with Crippen molar-refractivity contribution < 1.29 is 0 Å². The SMILES string of the molecule is CC1(C)c2ccccc2-c2ccc(-c3cc(-c4ccccc4)nc(-c4ccc(-c5ccc6c(c5)-c5ccccc5C6(c5ccccc5)c5ccccc5)c5ccccc45)n3)cc21. The first-order chi connectivity index (χ1) is 30.5. The van der Waals surface area contributed by atoms with Gasteiger partial charge in [0.25, 0.3) is 0 Å². The van der Waals surface area contributed by atoms with Crippen LogP contribution in [0.2, 0.25) is 0 Å². The highest BCUT2D eigenvalue weighted by Crippen LogP contribution is 2.57. The zero-order chi connectivity index (χ0) is 41.4. The van der Waals surface area contributed by atoms with Crippen LogP contribution in [0, 0.1) is 0 Å². The van der Waals surface area contributed by atoms with Gasteiger partial charge in [0.2, 0.25) is 0 Å². The molecule has 9 aromatic carbocycles. The van der Waals surface area contributed by atoms with Crippen LogP contribution in [-0.4, -0.2) is 9.97 Å². The number of aromatic nitrogens is 2. The molecule has 2 aliphatic carbocycles. The fourth-order valence-corrected chi connectivity index (χ4v) is 10.7. The second kappa shape index (κ2) is 13.9. The molecule has 10 aromatic rings. The van der Waals surface area contributed by atoms with Crippen LogP contribution >= 0.6 is 0 Å². The Bertz CT molecular complexity index is 3330. The van der Waals surface area contributed by atoms with E-state index < -0.39 is 5.41 Å². The van der Waals surface area contributed by atoms with Crippen LogP contribution in [0.3, 0.4) is 0 Å². The standard InChI is InChI=1S/C60H42N2/c1-59(2)52-28-16-14-26-47(52)49-32-30-41(37-55(49)59)57-38-56(39-18-6-3-7-19-39)61-58(62-57)50-34-33-44(45-24-12-13-25-46(45)50)40-31-35-54-51(36-40)48-27-15-17-29-53(48)60(54,42-20-8-4-9-21-42)43-22-10-5-11-23-43/h3-38H,1-2H3. The van der Waals surface area contributed by atoms with Crippen LogP contribution in [-0.2, 0) is 10.8 Å². The van der Waals surface area contributed by atoms with Crippen LogP contribution in [0.15, 0.2) is 218 Å². The van der Waals surface area contributed by atoms with E-state index in [0.29, 0.717) is 5.82 Å². The third-order valence-electron chi connectivity index (χ3n) is 13.6. The molecule has 62 heavy (non-hydrogen) atoms. The highest BCUT2D eigenvalue weighted by molar-refractivity contribution is 6.05. The Labute approximate surface area is 362 Å². The second-order valence-corrected chi connectivity index (χ2v) is 17.3. The van der Waals surface area contributed by atoms with Crippen molar-refractivity contribution in [2.24, 2.45) is 0 Å². The molecule has 1 aromatic heterocycles. The summed E-state index contributed by atoms with van der Waals surface area (Å²) >= 11 is 0. The predicted molar refractivity (Wildman–Crippen MR) is 256 cm³/mol. The molecule has 0 bridgehead atoms. The van der Waals surface area contributed by atoms with Gasteiger partial charge in [0.05, 0.1) is 16.8 Å². The fourth-order valence-electron chi connectivity index (χ4n) is 10.7. The molecule has 2 aliphatic rings. The summed E-state index contributed by atoms with van der Waals surface area (Å²) in [5.41, 5.74) is 19.8. The number of nitrogens with zero attached hydrogens (tertiary/aromatic N) is 2. The lowest BCUT2D eigenvalue weighted by atomic mass is 9.67. The van der Waals surface area contributed by atoms with Crippen molar-refractivity contribution in [1.82, 2.24) is 9.97 Å². The number of benzene rings is 9. The lowest BCUT2D eigenvalue weighted by Crippen LogP contribution is -2.28. The molecular formula is C60H42N2. The Morgan fingerprint density at radius 3 is 1.48 bits per heavy atom. The summed E-state index contributed by atoms with van der Waals surface area (Å²) in [6, 6.07) is 79.6. The van der Waals surface area contributed by atoms with Crippen LogP contribution in [0.4, 0.5) is 0 Å². The minimum Gasteiger partial charge on any atom is -0.228 e. The highest BCUT2D eigenvalue weighted by atomic mass is 14.9. The van der Waals surface area contributed by atoms with Crippen LogP contribution < -0.4 is 0 Å². The zero-order valence-corrected chi connectivity index (χ0v) is 34.7. The maximum atomic E-state index is 5.41. The maximum Gasteiger partial charge on any atom is 0.161 e. The summed E-state index contributed by atoms with van der Waals surface area (Å²) in [5, 5.41) is 2.29. The monoisotopic (exact) mass is 790 g/mol. The van der Waals surface area contributed by atoms with Gasteiger partial charge >= 0.3 is 0 Å². The van der Waals surface area contributed by atoms with Crippen molar-refractivity contribution in [3.05, 3.63) is 252 Å². The van der Waals surface area contributed by atoms with Gasteiger partial charge < -0.3 is 0 Å². The molecular weight excluding hydrogens is 749 g/mol. The van der Waals surface area contributed by atoms with Gasteiger partial charge in [-0.05, 0) is 102 Å². The Balaban J connectivity index is 1.02. The minimum atomic E-state index is -0.434. The summed E-state index contributed by atoms with van der Waals surface area (Å²) in [5.74, 6) is 0.713. The van der Waals surface area contributed by atoms with Gasteiger partial charge in [-0.3, -0.25) is 0 Å². The molecule has 292 valence electrons. The molecule has 2 nitrogen and oxygen atoms in total. The van der Waals surface area contributed by atoms with E-state index in [1.807, 2.05) is 0 Å². The molecule has 1 heterocycles. The van der Waals surface area contributed by atoms with Gasteiger partial charge in [0.1, 0.15) is 0 Å². The largest absolute Gasteiger partial charge is 0.228 e. The van der Waals surface area contributed by atoms with Gasteiger partial charge in [-0.2, -0.15) is 0 Å². The predicted octanol–water partition coefficient (Wildman–Crippen LogP) is 15.0. The topological polar surface area (TPSA) is 25.8 Å². The molecule has 0 atom stereocenters. The first-order valence-electron chi connectivity index (χ1n) is 21.6. The van der Waals surface area contributed by atoms with Crippen molar-refractivity contribution in [2.75, 3.05) is 0 Å². The number of hydrogen-bond donors (Lipinski definition) is 0. The summed E-state index contributed by atoms with van der Waals surface area (Å²) in [6.45, 7) is 4.66. The van der Waals surface area contributed by atoms with E-state index in [9.17, 15) is 0 Å². The molecule has 0 unspecified atom stereocenters. The van der Waals surface area contributed by atoms with Crippen molar-refractivity contribution in [1.29, 1.82) is 0 Å². The van der Waals surface area contributed by atoms with Crippen molar-refractivity contribution in [2.45, 2.75) is 24.7 Å². The van der Waals surface area contributed by atoms with Gasteiger partial charge in [0.15, 0.2) is 5.82 Å². The van der Waals surface area contributed by atoms with Gasteiger partial charge in [-0.1, -0.05) is 208 Å². The summed E-state index contributed by atoms with van der Waals surface area (Å²) in [6.07, 6.45) is 0. The smallest absolute Gasteiger partial charge is 0.161 e. The Morgan fingerprint density at radius 2 is 0.790 bits per heavy atom. The third-order valence-corrected chi connectivity index (χ3v) is 13.6. The Kier molecular flexibility index (Phi) is 8.14. The first-order valence-corrected chi connectivity index (χ1v) is 21.6. The molecule has 2 heteroatoms. The Hall–Kier alpha value is -7.68. The van der Waals surface area contributed by atoms with Gasteiger partial charge in [0, 0.05) is 22.1 Å². The van der Waals surface area contributed by atoms with Gasteiger partial charge in [-0.15, -0.1) is 0 Å².